The summed E-state index contributed by atoms with van der Waals surface area (Å²) in [6, 6.07) is 7.30. The Morgan fingerprint density at radius 1 is 1.47 bits per heavy atom. The molecule has 1 aromatic rings. The minimum atomic E-state index is 0.588. The highest BCUT2D eigenvalue weighted by molar-refractivity contribution is 5.04. The molecule has 0 radical (unpaired) electrons. The highest BCUT2D eigenvalue weighted by atomic mass is 15.2. The van der Waals surface area contributed by atoms with E-state index in [1.54, 1.807) is 0 Å². The highest BCUT2D eigenvalue weighted by Gasteiger charge is 2.22. The second-order valence-electron chi connectivity index (χ2n) is 4.41. The van der Waals surface area contributed by atoms with E-state index < -0.39 is 0 Å². The van der Waals surface area contributed by atoms with Gasteiger partial charge in [-0.25, -0.2) is 0 Å². The third-order valence-corrected chi connectivity index (χ3v) is 2.98. The van der Waals surface area contributed by atoms with Crippen LogP contribution in [0.4, 0.5) is 0 Å². The average molecular weight is 205 g/mol. The summed E-state index contributed by atoms with van der Waals surface area (Å²) in [5.41, 5.74) is 1.17. The first-order valence-corrected chi connectivity index (χ1v) is 5.63. The normalized spacial score (nSPS) is 27.9. The lowest BCUT2D eigenvalue weighted by molar-refractivity contribution is 0.137. The summed E-state index contributed by atoms with van der Waals surface area (Å²) in [5, 5.41) is 3.49. The summed E-state index contributed by atoms with van der Waals surface area (Å²) >= 11 is 0. The Hall–Kier alpha value is -0.930. The maximum Gasteiger partial charge on any atom is 0.0544 e. The number of nitrogens with one attached hydrogen (secondary N) is 1. The van der Waals surface area contributed by atoms with Crippen LogP contribution in [0.2, 0.25) is 0 Å². The molecule has 2 heterocycles. The maximum absolute atomic E-state index is 4.37. The topological polar surface area (TPSA) is 28.2 Å². The van der Waals surface area contributed by atoms with Gasteiger partial charge in [-0.2, -0.15) is 0 Å². The second kappa shape index (κ2) is 4.73. The van der Waals surface area contributed by atoms with E-state index in [1.165, 1.54) is 5.69 Å². The molecular formula is C12H19N3. The van der Waals surface area contributed by atoms with Gasteiger partial charge in [-0.3, -0.25) is 9.88 Å². The molecule has 1 N–H and O–H groups in total. The van der Waals surface area contributed by atoms with Crippen molar-refractivity contribution in [2.45, 2.75) is 32.5 Å². The zero-order chi connectivity index (χ0) is 10.7. The second-order valence-corrected chi connectivity index (χ2v) is 4.41. The Bertz CT molecular complexity index is 299. The van der Waals surface area contributed by atoms with Crippen LogP contribution in [-0.2, 0) is 6.54 Å². The Morgan fingerprint density at radius 3 is 3.07 bits per heavy atom. The van der Waals surface area contributed by atoms with Crippen molar-refractivity contribution in [3.8, 4) is 0 Å². The minimum absolute atomic E-state index is 0.588. The van der Waals surface area contributed by atoms with Crippen molar-refractivity contribution in [2.75, 3.05) is 13.1 Å². The monoisotopic (exact) mass is 205 g/mol. The number of aromatic nitrogens is 1. The predicted molar refractivity (Wildman–Crippen MR) is 61.6 cm³/mol. The van der Waals surface area contributed by atoms with Gasteiger partial charge in [-0.1, -0.05) is 6.07 Å². The van der Waals surface area contributed by atoms with Gasteiger partial charge in [-0.15, -0.1) is 0 Å². The first kappa shape index (κ1) is 10.6. The fourth-order valence-corrected chi connectivity index (χ4v) is 2.02. The van der Waals surface area contributed by atoms with Gasteiger partial charge in [0.15, 0.2) is 0 Å². The quantitative estimate of drug-likeness (QED) is 0.788. The lowest BCUT2D eigenvalue weighted by atomic mass is 10.1. The Labute approximate surface area is 91.5 Å². The molecule has 1 saturated heterocycles. The van der Waals surface area contributed by atoms with Crippen molar-refractivity contribution in [3.63, 3.8) is 0 Å². The van der Waals surface area contributed by atoms with Gasteiger partial charge in [0.1, 0.15) is 0 Å². The molecular weight excluding hydrogens is 186 g/mol. The average Bonchev–Trinajstić information content (AvgIpc) is 2.25. The van der Waals surface area contributed by atoms with Crippen molar-refractivity contribution in [3.05, 3.63) is 30.1 Å². The summed E-state index contributed by atoms with van der Waals surface area (Å²) in [6.45, 7) is 7.65. The molecule has 0 bridgehead atoms. The Balaban J connectivity index is 1.98. The molecule has 15 heavy (non-hydrogen) atoms. The largest absolute Gasteiger partial charge is 0.311 e. The first-order chi connectivity index (χ1) is 7.25. The van der Waals surface area contributed by atoms with Crippen LogP contribution in [0.5, 0.6) is 0 Å². The van der Waals surface area contributed by atoms with Crippen LogP contribution in [0.1, 0.15) is 19.5 Å². The predicted octanol–water partition coefficient (Wildman–Crippen LogP) is 1.26. The van der Waals surface area contributed by atoms with Crippen LogP contribution < -0.4 is 5.32 Å². The van der Waals surface area contributed by atoms with Crippen LogP contribution in [0.3, 0.4) is 0 Å². The van der Waals surface area contributed by atoms with Crippen molar-refractivity contribution in [1.29, 1.82) is 0 Å². The molecule has 0 saturated carbocycles. The molecule has 2 unspecified atom stereocenters. The molecule has 0 spiro atoms. The summed E-state index contributed by atoms with van der Waals surface area (Å²) in [7, 11) is 0. The molecule has 1 aliphatic heterocycles. The van der Waals surface area contributed by atoms with Crippen LogP contribution in [0, 0.1) is 0 Å². The van der Waals surface area contributed by atoms with Gasteiger partial charge in [0.05, 0.1) is 5.69 Å². The van der Waals surface area contributed by atoms with Crippen molar-refractivity contribution in [1.82, 2.24) is 15.2 Å². The fourth-order valence-electron chi connectivity index (χ4n) is 2.02. The standard InChI is InChI=1S/C12H19N3/c1-10-8-15(11(2)7-14-10)9-12-5-3-4-6-13-12/h3-6,10-11,14H,7-9H2,1-2H3. The van der Waals surface area contributed by atoms with Gasteiger partial charge in [0, 0.05) is 37.9 Å². The molecule has 3 nitrogen and oxygen atoms in total. The summed E-state index contributed by atoms with van der Waals surface area (Å²) in [6.07, 6.45) is 1.87. The summed E-state index contributed by atoms with van der Waals surface area (Å²) in [5.74, 6) is 0. The van der Waals surface area contributed by atoms with E-state index >= 15 is 0 Å². The number of pyridine rings is 1. The van der Waals surface area contributed by atoms with E-state index in [9.17, 15) is 0 Å². The van der Waals surface area contributed by atoms with E-state index in [-0.39, 0.29) is 0 Å². The van der Waals surface area contributed by atoms with Gasteiger partial charge in [0.2, 0.25) is 0 Å². The maximum atomic E-state index is 4.37. The molecule has 2 atom stereocenters. The molecule has 1 fully saturated rings. The van der Waals surface area contributed by atoms with Gasteiger partial charge in [0.25, 0.3) is 0 Å². The zero-order valence-electron chi connectivity index (χ0n) is 9.48. The van der Waals surface area contributed by atoms with Crippen LogP contribution in [0.15, 0.2) is 24.4 Å². The van der Waals surface area contributed by atoms with E-state index in [1.807, 2.05) is 12.3 Å². The lowest BCUT2D eigenvalue weighted by Crippen LogP contribution is -2.53. The smallest absolute Gasteiger partial charge is 0.0544 e. The molecule has 2 rings (SSSR count). The molecule has 1 aromatic heterocycles. The minimum Gasteiger partial charge on any atom is -0.311 e. The van der Waals surface area contributed by atoms with Crippen molar-refractivity contribution >= 4 is 0 Å². The summed E-state index contributed by atoms with van der Waals surface area (Å²) < 4.78 is 0. The molecule has 0 aliphatic carbocycles. The number of hydrogen-bond acceptors (Lipinski definition) is 3. The SMILES string of the molecule is CC1CN(Cc2ccccn2)C(C)CN1. The fraction of sp³-hybridized carbons (Fsp3) is 0.583. The van der Waals surface area contributed by atoms with E-state index in [4.69, 9.17) is 0 Å². The van der Waals surface area contributed by atoms with Gasteiger partial charge >= 0.3 is 0 Å². The summed E-state index contributed by atoms with van der Waals surface area (Å²) in [4.78, 5) is 6.86. The van der Waals surface area contributed by atoms with Crippen molar-refractivity contribution in [2.24, 2.45) is 0 Å². The van der Waals surface area contributed by atoms with E-state index in [0.29, 0.717) is 12.1 Å². The van der Waals surface area contributed by atoms with Gasteiger partial charge < -0.3 is 5.32 Å². The zero-order valence-corrected chi connectivity index (χ0v) is 9.48. The molecule has 0 aromatic carbocycles. The van der Waals surface area contributed by atoms with Crippen LogP contribution >= 0.6 is 0 Å². The number of nitrogens with zero attached hydrogens (tertiary/aromatic N) is 2. The third-order valence-electron chi connectivity index (χ3n) is 2.98. The van der Waals surface area contributed by atoms with Crippen LogP contribution in [-0.4, -0.2) is 35.1 Å². The number of hydrogen-bond donors (Lipinski definition) is 1. The molecule has 3 heteroatoms. The number of rotatable bonds is 2. The van der Waals surface area contributed by atoms with E-state index in [0.717, 1.165) is 19.6 Å². The highest BCUT2D eigenvalue weighted by Crippen LogP contribution is 2.10. The Morgan fingerprint density at radius 2 is 2.33 bits per heavy atom. The molecule has 82 valence electrons. The lowest BCUT2D eigenvalue weighted by Gasteiger charge is -2.37. The first-order valence-electron chi connectivity index (χ1n) is 5.63. The molecule has 0 amide bonds. The van der Waals surface area contributed by atoms with E-state index in [2.05, 4.69) is 41.2 Å². The van der Waals surface area contributed by atoms with Crippen molar-refractivity contribution < 1.29 is 0 Å². The number of piperazine rings is 1. The third kappa shape index (κ3) is 2.76. The Kier molecular flexibility index (Phi) is 3.34. The molecule has 1 aliphatic rings. The van der Waals surface area contributed by atoms with Gasteiger partial charge in [-0.05, 0) is 26.0 Å². The van der Waals surface area contributed by atoms with Crippen LogP contribution in [0.25, 0.3) is 0 Å².